The van der Waals surface area contributed by atoms with Crippen LogP contribution in [0.3, 0.4) is 0 Å². The summed E-state index contributed by atoms with van der Waals surface area (Å²) < 4.78 is 12.4. The Bertz CT molecular complexity index is 934. The number of aromatic nitrogens is 2. The maximum Gasteiger partial charge on any atom is 0.128 e. The first-order valence-electron chi connectivity index (χ1n) is 11.5. The Morgan fingerprint density at radius 2 is 1.65 bits per heavy atom. The molecule has 1 unspecified atom stereocenters. The maximum atomic E-state index is 6.33. The zero-order valence-corrected chi connectivity index (χ0v) is 19.2. The molecule has 3 rings (SSSR count). The zero-order valence-electron chi connectivity index (χ0n) is 19.2. The smallest absolute Gasteiger partial charge is 0.128 e. The van der Waals surface area contributed by atoms with Gasteiger partial charge >= 0.3 is 0 Å². The minimum atomic E-state index is -0.0617. The van der Waals surface area contributed by atoms with E-state index >= 15 is 0 Å². The van der Waals surface area contributed by atoms with Crippen LogP contribution in [0.25, 0.3) is 11.3 Å². The monoisotopic (exact) mass is 418 g/mol. The molecule has 0 amide bonds. The van der Waals surface area contributed by atoms with Crippen molar-refractivity contribution >= 4 is 0 Å². The van der Waals surface area contributed by atoms with Crippen LogP contribution in [0.4, 0.5) is 0 Å². The van der Waals surface area contributed by atoms with Gasteiger partial charge in [-0.25, -0.2) is 0 Å². The fourth-order valence-corrected chi connectivity index (χ4v) is 3.94. The quantitative estimate of drug-likeness (QED) is 0.346. The lowest BCUT2D eigenvalue weighted by Gasteiger charge is -2.22. The highest BCUT2D eigenvalue weighted by molar-refractivity contribution is 5.69. The Labute approximate surface area is 186 Å². The van der Waals surface area contributed by atoms with E-state index in [4.69, 9.17) is 14.5 Å². The second-order valence-corrected chi connectivity index (χ2v) is 7.64. The van der Waals surface area contributed by atoms with Gasteiger partial charge in [-0.3, -0.25) is 9.97 Å². The van der Waals surface area contributed by atoms with Crippen LogP contribution in [-0.4, -0.2) is 16.6 Å². The van der Waals surface area contributed by atoms with Crippen molar-refractivity contribution in [3.05, 3.63) is 77.2 Å². The van der Waals surface area contributed by atoms with Crippen molar-refractivity contribution in [2.24, 2.45) is 0 Å². The first-order chi connectivity index (χ1) is 15.2. The van der Waals surface area contributed by atoms with E-state index in [-0.39, 0.29) is 6.10 Å². The summed E-state index contributed by atoms with van der Waals surface area (Å²) in [5, 5.41) is 0. The summed E-state index contributed by atoms with van der Waals surface area (Å²) in [7, 11) is 0. The van der Waals surface area contributed by atoms with E-state index < -0.39 is 0 Å². The first kappa shape index (κ1) is 23.0. The van der Waals surface area contributed by atoms with Crippen molar-refractivity contribution in [2.45, 2.75) is 66.1 Å². The molecule has 0 aliphatic carbocycles. The van der Waals surface area contributed by atoms with Crippen LogP contribution >= 0.6 is 0 Å². The molecule has 4 nitrogen and oxygen atoms in total. The highest BCUT2D eigenvalue weighted by Crippen LogP contribution is 2.36. The van der Waals surface area contributed by atoms with Crippen molar-refractivity contribution in [1.82, 2.24) is 9.97 Å². The summed E-state index contributed by atoms with van der Waals surface area (Å²) in [6, 6.07) is 12.6. The lowest BCUT2D eigenvalue weighted by Crippen LogP contribution is -2.09. The molecule has 1 atom stereocenters. The second kappa shape index (κ2) is 11.6. The van der Waals surface area contributed by atoms with Gasteiger partial charge < -0.3 is 9.47 Å². The Kier molecular flexibility index (Phi) is 8.60. The summed E-state index contributed by atoms with van der Waals surface area (Å²) in [6.45, 7) is 9.74. The number of benzene rings is 1. The molecule has 0 spiro atoms. The third kappa shape index (κ3) is 5.71. The summed E-state index contributed by atoms with van der Waals surface area (Å²) in [4.78, 5) is 8.98. The SMILES string of the molecule is CCCC(OCc1ccncc1)c1cnc(-c2c(CC)cccc2CC)cc1OCC. The molecule has 0 bridgehead atoms. The van der Waals surface area contributed by atoms with Crippen molar-refractivity contribution in [2.75, 3.05) is 6.61 Å². The van der Waals surface area contributed by atoms with Crippen LogP contribution in [0, 0.1) is 0 Å². The number of ether oxygens (including phenoxy) is 2. The van der Waals surface area contributed by atoms with Crippen molar-refractivity contribution in [3.63, 3.8) is 0 Å². The minimum Gasteiger partial charge on any atom is -0.493 e. The highest BCUT2D eigenvalue weighted by atomic mass is 16.5. The van der Waals surface area contributed by atoms with Gasteiger partial charge in [0.1, 0.15) is 5.75 Å². The number of rotatable bonds is 11. The Morgan fingerprint density at radius 3 is 2.26 bits per heavy atom. The molecule has 4 heteroatoms. The van der Waals surface area contributed by atoms with Crippen LogP contribution in [0.2, 0.25) is 0 Å². The molecular formula is C27H34N2O2. The summed E-state index contributed by atoms with van der Waals surface area (Å²) in [5.41, 5.74) is 6.99. The van der Waals surface area contributed by atoms with E-state index in [0.29, 0.717) is 13.2 Å². The minimum absolute atomic E-state index is 0.0617. The lowest BCUT2D eigenvalue weighted by atomic mass is 9.94. The van der Waals surface area contributed by atoms with Crippen LogP contribution in [0.5, 0.6) is 5.75 Å². The maximum absolute atomic E-state index is 6.33. The molecule has 3 aromatic rings. The molecule has 2 heterocycles. The van der Waals surface area contributed by atoms with Crippen LogP contribution in [0.15, 0.2) is 55.0 Å². The number of hydrogen-bond donors (Lipinski definition) is 0. The van der Waals surface area contributed by atoms with Crippen LogP contribution in [0.1, 0.15) is 68.9 Å². The molecule has 0 radical (unpaired) electrons. The molecule has 31 heavy (non-hydrogen) atoms. The number of aryl methyl sites for hydroxylation is 2. The molecule has 0 saturated carbocycles. The van der Waals surface area contributed by atoms with Gasteiger partial charge in [0.05, 0.1) is 25.0 Å². The molecule has 0 fully saturated rings. The van der Waals surface area contributed by atoms with Crippen LogP contribution < -0.4 is 4.74 Å². The molecule has 1 aromatic carbocycles. The first-order valence-corrected chi connectivity index (χ1v) is 11.5. The Balaban J connectivity index is 1.97. The average molecular weight is 419 g/mol. The van der Waals surface area contributed by atoms with Crippen molar-refractivity contribution in [1.29, 1.82) is 0 Å². The van der Waals surface area contributed by atoms with Crippen molar-refractivity contribution in [3.8, 4) is 17.0 Å². The fraction of sp³-hybridized carbons (Fsp3) is 0.407. The number of nitrogens with zero attached hydrogens (tertiary/aromatic N) is 2. The summed E-state index contributed by atoms with van der Waals surface area (Å²) in [5.74, 6) is 0.869. The number of pyridine rings is 2. The highest BCUT2D eigenvalue weighted by Gasteiger charge is 2.20. The molecule has 0 aliphatic heterocycles. The third-order valence-corrected chi connectivity index (χ3v) is 5.55. The lowest BCUT2D eigenvalue weighted by molar-refractivity contribution is 0.0313. The zero-order chi connectivity index (χ0) is 22.1. The van der Waals surface area contributed by atoms with Crippen LogP contribution in [-0.2, 0) is 24.2 Å². The van der Waals surface area contributed by atoms with E-state index in [0.717, 1.165) is 48.3 Å². The predicted molar refractivity (Wildman–Crippen MR) is 126 cm³/mol. The molecule has 2 aromatic heterocycles. The standard InChI is InChI=1S/C27H34N2O2/c1-5-10-25(31-19-20-13-15-28-16-14-20)23-18-29-24(17-26(23)30-8-4)27-21(6-2)11-9-12-22(27)7-3/h9,11-18,25H,5-8,10,19H2,1-4H3. The molecule has 164 valence electrons. The van der Waals surface area contributed by atoms with Gasteiger partial charge in [-0.2, -0.15) is 0 Å². The summed E-state index contributed by atoms with van der Waals surface area (Å²) >= 11 is 0. The Morgan fingerprint density at radius 1 is 0.935 bits per heavy atom. The topological polar surface area (TPSA) is 44.2 Å². The molecule has 0 aliphatic rings. The van der Waals surface area contributed by atoms with E-state index in [2.05, 4.69) is 50.0 Å². The van der Waals surface area contributed by atoms with Gasteiger partial charge in [0.15, 0.2) is 0 Å². The van der Waals surface area contributed by atoms with Gasteiger partial charge in [0.2, 0.25) is 0 Å². The normalized spacial score (nSPS) is 12.0. The molecular weight excluding hydrogens is 384 g/mol. The third-order valence-electron chi connectivity index (χ3n) is 5.55. The van der Waals surface area contributed by atoms with E-state index in [1.54, 1.807) is 12.4 Å². The van der Waals surface area contributed by atoms with Gasteiger partial charge in [0, 0.05) is 35.8 Å². The molecule has 0 N–H and O–H groups in total. The number of hydrogen-bond acceptors (Lipinski definition) is 4. The fourth-order valence-electron chi connectivity index (χ4n) is 3.94. The average Bonchev–Trinajstić information content (AvgIpc) is 2.82. The van der Waals surface area contributed by atoms with Gasteiger partial charge in [0.25, 0.3) is 0 Å². The van der Waals surface area contributed by atoms with E-state index in [1.165, 1.54) is 16.7 Å². The van der Waals surface area contributed by atoms with E-state index in [1.807, 2.05) is 25.3 Å². The largest absolute Gasteiger partial charge is 0.493 e. The predicted octanol–water partition coefficient (Wildman–Crippen LogP) is 6.73. The summed E-state index contributed by atoms with van der Waals surface area (Å²) in [6.07, 6.45) is 9.38. The Hall–Kier alpha value is -2.72. The molecule has 0 saturated heterocycles. The van der Waals surface area contributed by atoms with Gasteiger partial charge in [-0.05, 0) is 55.0 Å². The second-order valence-electron chi connectivity index (χ2n) is 7.64. The van der Waals surface area contributed by atoms with Crippen molar-refractivity contribution < 1.29 is 9.47 Å². The van der Waals surface area contributed by atoms with Gasteiger partial charge in [-0.1, -0.05) is 45.4 Å². The van der Waals surface area contributed by atoms with Gasteiger partial charge in [-0.15, -0.1) is 0 Å². The van der Waals surface area contributed by atoms with E-state index in [9.17, 15) is 0 Å².